The number of rotatable bonds is 8. The van der Waals surface area contributed by atoms with Crippen LogP contribution in [0.5, 0.6) is 0 Å². The molecule has 0 saturated heterocycles. The fourth-order valence-corrected chi connectivity index (χ4v) is 5.23. The Balaban J connectivity index is 1.43. The third kappa shape index (κ3) is 5.70. The Labute approximate surface area is 154 Å². The molecule has 3 rings (SSSR count). The van der Waals surface area contributed by atoms with Gasteiger partial charge in [0.15, 0.2) is 0 Å². The lowest BCUT2D eigenvalue weighted by Crippen LogP contribution is -2.32. The first kappa shape index (κ1) is 18.7. The van der Waals surface area contributed by atoms with Gasteiger partial charge in [-0.2, -0.15) is 0 Å². The van der Waals surface area contributed by atoms with Crippen LogP contribution in [0.4, 0.5) is 5.82 Å². The predicted octanol–water partition coefficient (Wildman–Crippen LogP) is 5.11. The van der Waals surface area contributed by atoms with E-state index < -0.39 is 0 Å². The Bertz CT molecular complexity index is 502. The van der Waals surface area contributed by atoms with Crippen molar-refractivity contribution in [2.75, 3.05) is 18.8 Å². The van der Waals surface area contributed by atoms with Crippen LogP contribution in [0.1, 0.15) is 82.6 Å². The second-order valence-electron chi connectivity index (χ2n) is 8.57. The number of hydrogen-bond acceptors (Lipinski definition) is 3. The van der Waals surface area contributed by atoms with Gasteiger partial charge in [0.05, 0.1) is 0 Å². The van der Waals surface area contributed by atoms with Gasteiger partial charge in [-0.1, -0.05) is 57.4 Å². The highest BCUT2D eigenvalue weighted by Gasteiger charge is 2.34. The van der Waals surface area contributed by atoms with Crippen LogP contribution < -0.4 is 11.1 Å². The maximum absolute atomic E-state index is 5.94. The molecule has 0 aliphatic heterocycles. The molecule has 2 aliphatic rings. The highest BCUT2D eigenvalue weighted by Crippen LogP contribution is 2.46. The minimum Gasteiger partial charge on any atom is -0.383 e. The van der Waals surface area contributed by atoms with Crippen LogP contribution >= 0.6 is 0 Å². The van der Waals surface area contributed by atoms with Gasteiger partial charge in [0, 0.05) is 6.20 Å². The molecule has 3 N–H and O–H groups in total. The molecule has 0 amide bonds. The zero-order valence-electron chi connectivity index (χ0n) is 15.9. The van der Waals surface area contributed by atoms with Crippen LogP contribution in [0, 0.1) is 11.3 Å². The van der Waals surface area contributed by atoms with E-state index in [2.05, 4.69) is 16.4 Å². The van der Waals surface area contributed by atoms with E-state index in [1.807, 2.05) is 6.07 Å². The number of hydrogen-bond donors (Lipinski definition) is 2. The maximum atomic E-state index is 5.94. The lowest BCUT2D eigenvalue weighted by Gasteiger charge is -2.41. The van der Waals surface area contributed by atoms with E-state index in [1.54, 1.807) is 6.20 Å². The predicted molar refractivity (Wildman–Crippen MR) is 107 cm³/mol. The SMILES string of the molecule is Nc1ncccc1CCNCCC1(CC2CCCCC2)CCCCC1. The lowest BCUT2D eigenvalue weighted by molar-refractivity contribution is 0.113. The van der Waals surface area contributed by atoms with E-state index >= 15 is 0 Å². The molecule has 3 heteroatoms. The molecule has 0 atom stereocenters. The summed E-state index contributed by atoms with van der Waals surface area (Å²) in [5, 5.41) is 3.69. The summed E-state index contributed by atoms with van der Waals surface area (Å²) in [4.78, 5) is 4.18. The fraction of sp³-hybridized carbons (Fsp3) is 0.773. The number of pyridine rings is 1. The van der Waals surface area contributed by atoms with Crippen LogP contribution in [0.2, 0.25) is 0 Å². The largest absolute Gasteiger partial charge is 0.383 e. The molecule has 3 nitrogen and oxygen atoms in total. The van der Waals surface area contributed by atoms with Crippen molar-refractivity contribution in [3.05, 3.63) is 23.9 Å². The molecular weight excluding hydrogens is 306 g/mol. The highest BCUT2D eigenvalue weighted by molar-refractivity contribution is 5.38. The summed E-state index contributed by atoms with van der Waals surface area (Å²) in [6.45, 7) is 2.17. The van der Waals surface area contributed by atoms with Crippen LogP contribution in [0.15, 0.2) is 18.3 Å². The van der Waals surface area contributed by atoms with Gasteiger partial charge in [-0.05, 0) is 68.2 Å². The summed E-state index contributed by atoms with van der Waals surface area (Å²) >= 11 is 0. The van der Waals surface area contributed by atoms with Crippen molar-refractivity contribution in [1.82, 2.24) is 10.3 Å². The average Bonchev–Trinajstić information content (AvgIpc) is 2.64. The minimum absolute atomic E-state index is 0.639. The molecule has 0 radical (unpaired) electrons. The maximum Gasteiger partial charge on any atom is 0.126 e. The molecule has 1 aromatic heterocycles. The van der Waals surface area contributed by atoms with E-state index in [-0.39, 0.29) is 0 Å². The molecule has 0 spiro atoms. The lowest BCUT2D eigenvalue weighted by atomic mass is 9.65. The second-order valence-corrected chi connectivity index (χ2v) is 8.57. The van der Waals surface area contributed by atoms with Crippen molar-refractivity contribution >= 4 is 5.82 Å². The van der Waals surface area contributed by atoms with Crippen LogP contribution in [-0.2, 0) is 6.42 Å². The van der Waals surface area contributed by atoms with Gasteiger partial charge in [-0.15, -0.1) is 0 Å². The zero-order valence-corrected chi connectivity index (χ0v) is 15.9. The van der Waals surface area contributed by atoms with E-state index in [0.29, 0.717) is 11.2 Å². The minimum atomic E-state index is 0.639. The highest BCUT2D eigenvalue weighted by atomic mass is 14.9. The van der Waals surface area contributed by atoms with Crippen LogP contribution in [-0.4, -0.2) is 18.1 Å². The summed E-state index contributed by atoms with van der Waals surface area (Å²) in [5.74, 6) is 1.70. The normalized spacial score (nSPS) is 21.3. The second kappa shape index (κ2) is 9.56. The molecule has 1 aromatic rings. The first-order chi connectivity index (χ1) is 12.3. The molecule has 0 bridgehead atoms. The Kier molecular flexibility index (Phi) is 7.15. The smallest absolute Gasteiger partial charge is 0.126 e. The summed E-state index contributed by atoms with van der Waals surface area (Å²) < 4.78 is 0. The topological polar surface area (TPSA) is 50.9 Å². The van der Waals surface area contributed by atoms with Crippen molar-refractivity contribution in [3.63, 3.8) is 0 Å². The van der Waals surface area contributed by atoms with Crippen molar-refractivity contribution in [2.24, 2.45) is 11.3 Å². The fourth-order valence-electron chi connectivity index (χ4n) is 5.23. The van der Waals surface area contributed by atoms with Gasteiger partial charge < -0.3 is 11.1 Å². The van der Waals surface area contributed by atoms with E-state index in [0.717, 1.165) is 25.4 Å². The van der Waals surface area contributed by atoms with Gasteiger partial charge in [0.2, 0.25) is 0 Å². The number of nitrogens with zero attached hydrogens (tertiary/aromatic N) is 1. The van der Waals surface area contributed by atoms with Gasteiger partial charge in [0.25, 0.3) is 0 Å². The summed E-state index contributed by atoms with van der Waals surface area (Å²) in [7, 11) is 0. The van der Waals surface area contributed by atoms with Gasteiger partial charge in [-0.3, -0.25) is 0 Å². The quantitative estimate of drug-likeness (QED) is 0.645. The van der Waals surface area contributed by atoms with Crippen molar-refractivity contribution in [2.45, 2.75) is 83.5 Å². The van der Waals surface area contributed by atoms with Crippen LogP contribution in [0.25, 0.3) is 0 Å². The molecule has 1 heterocycles. The van der Waals surface area contributed by atoms with E-state index in [1.165, 1.54) is 82.6 Å². The third-order valence-corrected chi connectivity index (χ3v) is 6.69. The Hall–Kier alpha value is -1.09. The number of nitrogens with one attached hydrogen (secondary N) is 1. The third-order valence-electron chi connectivity index (χ3n) is 6.69. The van der Waals surface area contributed by atoms with Crippen molar-refractivity contribution < 1.29 is 0 Å². The summed E-state index contributed by atoms with van der Waals surface area (Å²) in [6.07, 6.45) is 20.4. The molecule has 2 saturated carbocycles. The zero-order chi connectivity index (χ0) is 17.4. The van der Waals surface area contributed by atoms with E-state index in [4.69, 9.17) is 5.73 Å². The Morgan fingerprint density at radius 3 is 2.56 bits per heavy atom. The van der Waals surface area contributed by atoms with Crippen LogP contribution in [0.3, 0.4) is 0 Å². The Morgan fingerprint density at radius 1 is 1.04 bits per heavy atom. The molecule has 2 fully saturated rings. The first-order valence-electron chi connectivity index (χ1n) is 10.7. The molecular formula is C22H37N3. The van der Waals surface area contributed by atoms with E-state index in [9.17, 15) is 0 Å². The summed E-state index contributed by atoms with van der Waals surface area (Å²) in [6, 6.07) is 4.07. The first-order valence-corrected chi connectivity index (χ1v) is 10.7. The van der Waals surface area contributed by atoms with Crippen molar-refractivity contribution in [3.8, 4) is 0 Å². The monoisotopic (exact) mass is 343 g/mol. The Morgan fingerprint density at radius 2 is 1.80 bits per heavy atom. The number of aromatic nitrogens is 1. The van der Waals surface area contributed by atoms with Crippen molar-refractivity contribution in [1.29, 1.82) is 0 Å². The molecule has 25 heavy (non-hydrogen) atoms. The number of anilines is 1. The van der Waals surface area contributed by atoms with Gasteiger partial charge >= 0.3 is 0 Å². The number of nitrogen functional groups attached to an aromatic ring is 1. The standard InChI is InChI=1S/C22H37N3/c23-21-20(10-7-15-25-21)11-16-24-17-14-22(12-5-2-6-13-22)18-19-8-3-1-4-9-19/h7,10,15,19,24H,1-6,8-9,11-14,16-18H2,(H2,23,25). The summed E-state index contributed by atoms with van der Waals surface area (Å²) in [5.41, 5.74) is 7.75. The van der Waals surface area contributed by atoms with Gasteiger partial charge in [-0.25, -0.2) is 4.98 Å². The molecule has 140 valence electrons. The van der Waals surface area contributed by atoms with Gasteiger partial charge in [0.1, 0.15) is 5.82 Å². The average molecular weight is 344 g/mol. The molecule has 2 aliphatic carbocycles. The molecule has 0 unspecified atom stereocenters. The molecule has 0 aromatic carbocycles. The number of nitrogens with two attached hydrogens (primary N) is 1.